The van der Waals surface area contributed by atoms with Crippen LogP contribution in [-0.4, -0.2) is 37.0 Å². The Kier molecular flexibility index (Phi) is 5.69. The highest BCUT2D eigenvalue weighted by Gasteiger charge is 2.10. The van der Waals surface area contributed by atoms with Crippen molar-refractivity contribution in [3.8, 4) is 0 Å². The highest BCUT2D eigenvalue weighted by Crippen LogP contribution is 2.11. The summed E-state index contributed by atoms with van der Waals surface area (Å²) in [6.45, 7) is 6.08. The van der Waals surface area contributed by atoms with Gasteiger partial charge in [0, 0.05) is 6.04 Å². The van der Waals surface area contributed by atoms with E-state index in [9.17, 15) is 0 Å². The molecular formula is C9H19NS. The summed E-state index contributed by atoms with van der Waals surface area (Å²) < 4.78 is 0. The lowest BCUT2D eigenvalue weighted by Crippen LogP contribution is -2.29. The molecule has 0 bridgehead atoms. The first-order valence-electron chi connectivity index (χ1n) is 3.90. The van der Waals surface area contributed by atoms with Crippen LogP contribution in [0.15, 0.2) is 12.2 Å². The van der Waals surface area contributed by atoms with Gasteiger partial charge in [0.05, 0.1) is 0 Å². The number of hydrogen-bond acceptors (Lipinski definition) is 2. The molecule has 0 heterocycles. The maximum atomic E-state index is 3.98. The molecule has 1 nitrogen and oxygen atoms in total. The summed E-state index contributed by atoms with van der Waals surface area (Å²) >= 11 is 1.90. The topological polar surface area (TPSA) is 3.24 Å². The van der Waals surface area contributed by atoms with Gasteiger partial charge in [-0.3, -0.25) is 0 Å². The molecule has 0 aromatic carbocycles. The average Bonchev–Trinajstić information content (AvgIpc) is 1.87. The van der Waals surface area contributed by atoms with Gasteiger partial charge in [-0.1, -0.05) is 12.2 Å². The second-order valence-corrected chi connectivity index (χ2v) is 4.09. The molecule has 0 unspecified atom stereocenters. The molecule has 0 saturated heterocycles. The van der Waals surface area contributed by atoms with Gasteiger partial charge in [-0.2, -0.15) is 11.8 Å². The molecule has 0 N–H and O–H groups in total. The predicted molar refractivity (Wildman–Crippen MR) is 55.3 cm³/mol. The van der Waals surface area contributed by atoms with E-state index in [-0.39, 0.29) is 0 Å². The Labute approximate surface area is 74.9 Å². The van der Waals surface area contributed by atoms with Crippen molar-refractivity contribution in [1.82, 2.24) is 4.90 Å². The molecule has 0 amide bonds. The van der Waals surface area contributed by atoms with E-state index < -0.39 is 0 Å². The molecule has 2 heteroatoms. The van der Waals surface area contributed by atoms with Gasteiger partial charge in [0.25, 0.3) is 0 Å². The Balaban J connectivity index is 3.80. The molecule has 0 aliphatic carbocycles. The van der Waals surface area contributed by atoms with Gasteiger partial charge < -0.3 is 4.90 Å². The Bertz CT molecular complexity index is 121. The fourth-order valence-electron chi connectivity index (χ4n) is 1.17. The van der Waals surface area contributed by atoms with Crippen molar-refractivity contribution in [3.05, 3.63) is 12.2 Å². The summed E-state index contributed by atoms with van der Waals surface area (Å²) in [5, 5.41) is 0. The zero-order valence-electron chi connectivity index (χ0n) is 8.05. The van der Waals surface area contributed by atoms with E-state index in [1.54, 1.807) is 0 Å². The van der Waals surface area contributed by atoms with Crippen LogP contribution in [-0.2, 0) is 0 Å². The van der Waals surface area contributed by atoms with E-state index in [1.165, 1.54) is 17.7 Å². The summed E-state index contributed by atoms with van der Waals surface area (Å²) in [5.41, 5.74) is 1.27. The molecule has 0 spiro atoms. The maximum Gasteiger partial charge on any atom is 0.0304 e. The molecule has 11 heavy (non-hydrogen) atoms. The minimum Gasteiger partial charge on any atom is -0.303 e. The summed E-state index contributed by atoms with van der Waals surface area (Å²) in [6.07, 6.45) is 3.36. The molecule has 0 saturated carbocycles. The third-order valence-electron chi connectivity index (χ3n) is 1.79. The normalized spacial score (nSPS) is 13.5. The maximum absolute atomic E-state index is 3.98. The monoisotopic (exact) mass is 173 g/mol. The van der Waals surface area contributed by atoms with Crippen molar-refractivity contribution in [2.24, 2.45) is 0 Å². The van der Waals surface area contributed by atoms with Gasteiger partial charge in [0.15, 0.2) is 0 Å². The fourth-order valence-corrected chi connectivity index (χ4v) is 1.63. The van der Waals surface area contributed by atoms with Crippen LogP contribution >= 0.6 is 11.8 Å². The minimum absolute atomic E-state index is 0.558. The first-order chi connectivity index (χ1) is 5.09. The Morgan fingerprint density at radius 2 is 2.09 bits per heavy atom. The number of hydrogen-bond donors (Lipinski definition) is 0. The average molecular weight is 173 g/mol. The minimum atomic E-state index is 0.558. The number of likely N-dealkylation sites (N-methyl/N-ethyl adjacent to an activating group) is 1. The van der Waals surface area contributed by atoms with E-state index in [0.717, 1.165) is 0 Å². The lowest BCUT2D eigenvalue weighted by molar-refractivity contribution is 0.325. The van der Waals surface area contributed by atoms with E-state index in [1.807, 2.05) is 11.8 Å². The largest absolute Gasteiger partial charge is 0.303 e. The summed E-state index contributed by atoms with van der Waals surface area (Å²) in [5.74, 6) is 1.22. The highest BCUT2D eigenvalue weighted by atomic mass is 32.2. The Hall–Kier alpha value is 0.0500. The van der Waals surface area contributed by atoms with Crippen LogP contribution in [0.5, 0.6) is 0 Å². The summed E-state index contributed by atoms with van der Waals surface area (Å²) in [7, 11) is 4.22. The SMILES string of the molecule is C=C(C)[C@H](CCSC)N(C)C. The van der Waals surface area contributed by atoms with E-state index in [4.69, 9.17) is 0 Å². The second kappa shape index (κ2) is 5.67. The third-order valence-corrected chi connectivity index (χ3v) is 2.43. The predicted octanol–water partition coefficient (Wildman–Crippen LogP) is 2.25. The first kappa shape index (κ1) is 11.1. The number of nitrogens with zero attached hydrogens (tertiary/aromatic N) is 1. The van der Waals surface area contributed by atoms with Gasteiger partial charge in [0.1, 0.15) is 0 Å². The molecule has 1 atom stereocenters. The van der Waals surface area contributed by atoms with Crippen molar-refractivity contribution >= 4 is 11.8 Å². The van der Waals surface area contributed by atoms with Crippen LogP contribution in [0.3, 0.4) is 0 Å². The molecule has 66 valence electrons. The Morgan fingerprint density at radius 1 is 1.55 bits per heavy atom. The number of rotatable bonds is 5. The van der Waals surface area contributed by atoms with Gasteiger partial charge in [0.2, 0.25) is 0 Å². The zero-order chi connectivity index (χ0) is 8.85. The first-order valence-corrected chi connectivity index (χ1v) is 5.29. The standard InChI is InChI=1S/C9H19NS/c1-8(2)9(10(3)4)6-7-11-5/h9H,1,6-7H2,2-5H3/t9-/m0/s1. The lowest BCUT2D eigenvalue weighted by atomic mass is 10.1. The van der Waals surface area contributed by atoms with Crippen LogP contribution in [0.2, 0.25) is 0 Å². The van der Waals surface area contributed by atoms with E-state index >= 15 is 0 Å². The van der Waals surface area contributed by atoms with Gasteiger partial charge >= 0.3 is 0 Å². The van der Waals surface area contributed by atoms with Gasteiger partial charge in [-0.05, 0) is 39.4 Å². The van der Waals surface area contributed by atoms with Crippen molar-refractivity contribution in [2.45, 2.75) is 19.4 Å². The molecule has 0 radical (unpaired) electrons. The van der Waals surface area contributed by atoms with Crippen LogP contribution in [0.1, 0.15) is 13.3 Å². The van der Waals surface area contributed by atoms with E-state index in [0.29, 0.717) is 6.04 Å². The van der Waals surface area contributed by atoms with Gasteiger partial charge in [-0.15, -0.1) is 0 Å². The molecular weight excluding hydrogens is 154 g/mol. The van der Waals surface area contributed by atoms with Crippen molar-refractivity contribution in [1.29, 1.82) is 0 Å². The van der Waals surface area contributed by atoms with Crippen LogP contribution in [0.25, 0.3) is 0 Å². The van der Waals surface area contributed by atoms with Crippen LogP contribution < -0.4 is 0 Å². The summed E-state index contributed by atoms with van der Waals surface area (Å²) in [4.78, 5) is 2.23. The molecule has 0 rings (SSSR count). The Morgan fingerprint density at radius 3 is 2.36 bits per heavy atom. The molecule has 0 aromatic rings. The smallest absolute Gasteiger partial charge is 0.0304 e. The summed E-state index contributed by atoms with van der Waals surface area (Å²) in [6, 6.07) is 0.558. The molecule has 0 fully saturated rings. The number of thioether (sulfide) groups is 1. The van der Waals surface area contributed by atoms with Crippen molar-refractivity contribution in [2.75, 3.05) is 26.1 Å². The molecule has 0 aromatic heterocycles. The van der Waals surface area contributed by atoms with E-state index in [2.05, 4.69) is 38.8 Å². The lowest BCUT2D eigenvalue weighted by Gasteiger charge is -2.24. The van der Waals surface area contributed by atoms with Crippen molar-refractivity contribution < 1.29 is 0 Å². The fraction of sp³-hybridized carbons (Fsp3) is 0.778. The van der Waals surface area contributed by atoms with Crippen molar-refractivity contribution in [3.63, 3.8) is 0 Å². The molecule has 0 aliphatic heterocycles. The van der Waals surface area contributed by atoms with Crippen LogP contribution in [0.4, 0.5) is 0 Å². The second-order valence-electron chi connectivity index (χ2n) is 3.11. The van der Waals surface area contributed by atoms with Gasteiger partial charge in [-0.25, -0.2) is 0 Å². The zero-order valence-corrected chi connectivity index (χ0v) is 8.87. The third kappa shape index (κ3) is 4.49. The molecule has 0 aliphatic rings. The highest BCUT2D eigenvalue weighted by molar-refractivity contribution is 7.98. The quantitative estimate of drug-likeness (QED) is 0.587. The van der Waals surface area contributed by atoms with Crippen LogP contribution in [0, 0.1) is 0 Å².